The number of aryl methyl sites for hydroxylation is 1. The number of nitrogens with one attached hydrogen (secondary N) is 1. The van der Waals surface area contributed by atoms with Crippen LogP contribution in [0.3, 0.4) is 0 Å². The van der Waals surface area contributed by atoms with Crippen LogP contribution in [0.25, 0.3) is 10.9 Å². The number of hydrogen-bond donors (Lipinski definition) is 1. The van der Waals surface area contributed by atoms with Crippen LogP contribution in [0.5, 0.6) is 0 Å². The maximum atomic E-state index is 11.1. The first-order chi connectivity index (χ1) is 8.26. The van der Waals surface area contributed by atoms with E-state index in [4.69, 9.17) is 11.6 Å². The molecule has 1 amide bonds. The van der Waals surface area contributed by atoms with Crippen molar-refractivity contribution in [2.45, 2.75) is 20.0 Å². The lowest BCUT2D eigenvalue weighted by Gasteiger charge is -2.08. The highest BCUT2D eigenvalue weighted by Gasteiger charge is 2.07. The molecule has 1 heterocycles. The van der Waals surface area contributed by atoms with Crippen LogP contribution in [0.4, 0.5) is 0 Å². The van der Waals surface area contributed by atoms with Crippen LogP contribution in [0.15, 0.2) is 30.3 Å². The van der Waals surface area contributed by atoms with Crippen molar-refractivity contribution in [2.75, 3.05) is 5.88 Å². The topological polar surface area (TPSA) is 34.0 Å². The number of amides is 1. The second-order valence-electron chi connectivity index (χ2n) is 3.85. The summed E-state index contributed by atoms with van der Waals surface area (Å²) >= 11 is 5.45. The van der Waals surface area contributed by atoms with Crippen molar-refractivity contribution in [1.82, 2.24) is 9.88 Å². The molecule has 0 atom stereocenters. The van der Waals surface area contributed by atoms with E-state index in [0.717, 1.165) is 12.2 Å². The van der Waals surface area contributed by atoms with Crippen LogP contribution < -0.4 is 5.32 Å². The number of hydrogen-bond acceptors (Lipinski definition) is 1. The zero-order valence-corrected chi connectivity index (χ0v) is 10.5. The summed E-state index contributed by atoms with van der Waals surface area (Å²) in [6, 6.07) is 10.3. The van der Waals surface area contributed by atoms with Gasteiger partial charge in [0.2, 0.25) is 5.91 Å². The normalized spacial score (nSPS) is 10.7. The summed E-state index contributed by atoms with van der Waals surface area (Å²) < 4.78 is 2.20. The molecule has 0 aliphatic heterocycles. The predicted molar refractivity (Wildman–Crippen MR) is 70.2 cm³/mol. The Kier molecular flexibility index (Phi) is 3.69. The molecule has 1 aromatic carbocycles. The van der Waals surface area contributed by atoms with Gasteiger partial charge in [-0.25, -0.2) is 0 Å². The van der Waals surface area contributed by atoms with E-state index < -0.39 is 0 Å². The largest absolute Gasteiger partial charge is 0.349 e. The summed E-state index contributed by atoms with van der Waals surface area (Å²) in [5.74, 6) is -0.133. The van der Waals surface area contributed by atoms with Crippen LogP contribution in [0.2, 0.25) is 0 Å². The first-order valence-electron chi connectivity index (χ1n) is 5.66. The molecule has 17 heavy (non-hydrogen) atoms. The molecule has 0 aliphatic rings. The molecule has 0 fully saturated rings. The molecular weight excluding hydrogens is 236 g/mol. The average molecular weight is 251 g/mol. The molecule has 0 spiro atoms. The highest BCUT2D eigenvalue weighted by Crippen LogP contribution is 2.19. The van der Waals surface area contributed by atoms with E-state index in [2.05, 4.69) is 35.0 Å². The summed E-state index contributed by atoms with van der Waals surface area (Å²) in [7, 11) is 0. The first kappa shape index (κ1) is 12.0. The van der Waals surface area contributed by atoms with Crippen LogP contribution in [-0.4, -0.2) is 16.4 Å². The Morgan fingerprint density at radius 3 is 2.88 bits per heavy atom. The van der Waals surface area contributed by atoms with E-state index in [1.165, 1.54) is 10.9 Å². The van der Waals surface area contributed by atoms with Gasteiger partial charge in [0, 0.05) is 17.8 Å². The quantitative estimate of drug-likeness (QED) is 0.832. The Morgan fingerprint density at radius 2 is 2.18 bits per heavy atom. The van der Waals surface area contributed by atoms with E-state index in [1.807, 2.05) is 12.1 Å². The molecule has 3 nitrogen and oxygen atoms in total. The first-order valence-corrected chi connectivity index (χ1v) is 6.19. The van der Waals surface area contributed by atoms with Crippen molar-refractivity contribution in [2.24, 2.45) is 0 Å². The van der Waals surface area contributed by atoms with Gasteiger partial charge >= 0.3 is 0 Å². The number of carbonyl (C=O) groups is 1. The van der Waals surface area contributed by atoms with E-state index in [0.29, 0.717) is 6.54 Å². The molecule has 90 valence electrons. The van der Waals surface area contributed by atoms with E-state index >= 15 is 0 Å². The lowest BCUT2D eigenvalue weighted by atomic mass is 10.2. The number of halogens is 1. The summed E-state index contributed by atoms with van der Waals surface area (Å²) in [6.07, 6.45) is 0. The molecule has 0 saturated heterocycles. The second-order valence-corrected chi connectivity index (χ2v) is 4.12. The van der Waals surface area contributed by atoms with Crippen molar-refractivity contribution >= 4 is 28.4 Å². The second kappa shape index (κ2) is 5.23. The van der Waals surface area contributed by atoms with E-state index in [1.54, 1.807) is 0 Å². The Morgan fingerprint density at radius 1 is 1.41 bits per heavy atom. The minimum Gasteiger partial charge on any atom is -0.349 e. The number of para-hydroxylation sites is 1. The van der Waals surface area contributed by atoms with Crippen molar-refractivity contribution < 1.29 is 4.79 Å². The smallest absolute Gasteiger partial charge is 0.235 e. The molecule has 0 radical (unpaired) electrons. The summed E-state index contributed by atoms with van der Waals surface area (Å²) in [6.45, 7) is 3.51. The maximum Gasteiger partial charge on any atom is 0.235 e. The zero-order chi connectivity index (χ0) is 12.3. The molecule has 4 heteroatoms. The third-order valence-electron chi connectivity index (χ3n) is 2.80. The summed E-state index contributed by atoms with van der Waals surface area (Å²) in [5, 5.41) is 3.99. The standard InChI is InChI=1S/C13H15ClN2O/c1-2-16-11(9-15-13(17)8-14)7-10-5-3-4-6-12(10)16/h3-7H,2,8-9H2,1H3,(H,15,17). The van der Waals surface area contributed by atoms with Gasteiger partial charge in [0.1, 0.15) is 5.88 Å². The minimum atomic E-state index is -0.139. The summed E-state index contributed by atoms with van der Waals surface area (Å²) in [5.41, 5.74) is 2.30. The number of benzene rings is 1. The third kappa shape index (κ3) is 2.44. The maximum absolute atomic E-state index is 11.1. The Hall–Kier alpha value is -1.48. The van der Waals surface area contributed by atoms with Crippen molar-refractivity contribution in [1.29, 1.82) is 0 Å². The van der Waals surface area contributed by atoms with E-state index in [-0.39, 0.29) is 11.8 Å². The van der Waals surface area contributed by atoms with Gasteiger partial charge in [-0.05, 0) is 24.4 Å². The molecule has 1 aromatic heterocycles. The van der Waals surface area contributed by atoms with Crippen molar-refractivity contribution in [3.8, 4) is 0 Å². The molecule has 0 aliphatic carbocycles. The highest BCUT2D eigenvalue weighted by molar-refractivity contribution is 6.27. The Labute approximate surface area is 105 Å². The summed E-state index contributed by atoms with van der Waals surface area (Å²) in [4.78, 5) is 11.1. The number of carbonyl (C=O) groups excluding carboxylic acids is 1. The van der Waals surface area contributed by atoms with Gasteiger partial charge in [0.25, 0.3) is 0 Å². The Bertz CT molecular complexity index is 533. The molecule has 0 bridgehead atoms. The van der Waals surface area contributed by atoms with Crippen LogP contribution in [-0.2, 0) is 17.9 Å². The fourth-order valence-electron chi connectivity index (χ4n) is 2.02. The van der Waals surface area contributed by atoms with E-state index in [9.17, 15) is 4.79 Å². The molecule has 1 N–H and O–H groups in total. The van der Waals surface area contributed by atoms with Gasteiger partial charge in [-0.15, -0.1) is 11.6 Å². The zero-order valence-electron chi connectivity index (χ0n) is 9.74. The number of alkyl halides is 1. The van der Waals surface area contributed by atoms with Crippen LogP contribution >= 0.6 is 11.6 Å². The minimum absolute atomic E-state index is 0.00630. The lowest BCUT2D eigenvalue weighted by Crippen LogP contribution is -2.24. The van der Waals surface area contributed by atoms with Gasteiger partial charge in [0.15, 0.2) is 0 Å². The third-order valence-corrected chi connectivity index (χ3v) is 3.04. The monoisotopic (exact) mass is 250 g/mol. The molecule has 0 unspecified atom stereocenters. The SMILES string of the molecule is CCn1c(CNC(=O)CCl)cc2ccccc21. The van der Waals surface area contributed by atoms with Gasteiger partial charge < -0.3 is 9.88 Å². The number of aromatic nitrogens is 1. The van der Waals surface area contributed by atoms with Gasteiger partial charge in [-0.3, -0.25) is 4.79 Å². The van der Waals surface area contributed by atoms with Crippen molar-refractivity contribution in [3.63, 3.8) is 0 Å². The number of fused-ring (bicyclic) bond motifs is 1. The number of rotatable bonds is 4. The molecule has 2 aromatic rings. The molecular formula is C13H15ClN2O. The Balaban J connectivity index is 2.30. The lowest BCUT2D eigenvalue weighted by molar-refractivity contribution is -0.118. The van der Waals surface area contributed by atoms with Crippen molar-refractivity contribution in [3.05, 3.63) is 36.0 Å². The van der Waals surface area contributed by atoms with Crippen LogP contribution in [0, 0.1) is 0 Å². The number of nitrogens with zero attached hydrogens (tertiary/aromatic N) is 1. The highest BCUT2D eigenvalue weighted by atomic mass is 35.5. The van der Waals surface area contributed by atoms with Crippen LogP contribution in [0.1, 0.15) is 12.6 Å². The molecule has 0 saturated carbocycles. The van der Waals surface area contributed by atoms with Gasteiger partial charge in [0.05, 0.1) is 6.54 Å². The predicted octanol–water partition coefficient (Wildman–Crippen LogP) is 2.52. The van der Waals surface area contributed by atoms with Gasteiger partial charge in [-0.1, -0.05) is 18.2 Å². The van der Waals surface area contributed by atoms with Gasteiger partial charge in [-0.2, -0.15) is 0 Å². The fraction of sp³-hybridized carbons (Fsp3) is 0.308. The molecule has 2 rings (SSSR count). The average Bonchev–Trinajstić information content (AvgIpc) is 2.73. The fourth-order valence-corrected chi connectivity index (χ4v) is 2.12.